The number of halogens is 5. The van der Waals surface area contributed by atoms with Gasteiger partial charge in [-0.3, -0.25) is 4.79 Å². The molecule has 152 valence electrons. The van der Waals surface area contributed by atoms with Crippen LogP contribution in [0, 0.1) is 0 Å². The third kappa shape index (κ3) is 5.89. The number of hydrogen-bond donors (Lipinski definition) is 2. The predicted molar refractivity (Wildman–Crippen MR) is 103 cm³/mol. The van der Waals surface area contributed by atoms with E-state index in [1.165, 1.54) is 4.68 Å². The van der Waals surface area contributed by atoms with Gasteiger partial charge in [0, 0.05) is 26.6 Å². The van der Waals surface area contributed by atoms with Crippen LogP contribution in [-0.4, -0.2) is 33.1 Å². The molecule has 2 aromatic rings. The van der Waals surface area contributed by atoms with Crippen LogP contribution in [0.15, 0.2) is 38.0 Å². The molecule has 1 unspecified atom stereocenters. The van der Waals surface area contributed by atoms with Crippen molar-refractivity contribution in [2.45, 2.75) is 38.0 Å². The van der Waals surface area contributed by atoms with E-state index in [2.05, 4.69) is 37.0 Å². The Labute approximate surface area is 174 Å². The van der Waals surface area contributed by atoms with Crippen LogP contribution in [-0.2, 0) is 24.2 Å². The maximum atomic E-state index is 12.3. The number of alkyl halides is 3. The molecule has 0 spiro atoms. The predicted octanol–water partition coefficient (Wildman–Crippen LogP) is 3.27. The van der Waals surface area contributed by atoms with E-state index in [-0.39, 0.29) is 11.6 Å². The molecular weight excluding hydrogens is 511 g/mol. The second kappa shape index (κ2) is 9.19. The van der Waals surface area contributed by atoms with Crippen molar-refractivity contribution in [1.82, 2.24) is 9.78 Å². The van der Waals surface area contributed by atoms with Crippen LogP contribution in [0.3, 0.4) is 0 Å². The van der Waals surface area contributed by atoms with Crippen LogP contribution in [0.1, 0.15) is 23.2 Å². The summed E-state index contributed by atoms with van der Waals surface area (Å²) >= 11 is 7.04. The summed E-state index contributed by atoms with van der Waals surface area (Å²) in [5.74, 6) is -2.76. The Morgan fingerprint density at radius 2 is 1.89 bits per heavy atom. The zero-order valence-electron chi connectivity index (χ0n) is 14.3. The molecule has 1 aromatic carbocycles. The summed E-state index contributed by atoms with van der Waals surface area (Å²) in [7, 11) is 0. The van der Waals surface area contributed by atoms with Crippen molar-refractivity contribution in [2.75, 3.05) is 0 Å². The van der Waals surface area contributed by atoms with Crippen molar-refractivity contribution in [3.05, 3.63) is 60.4 Å². The Bertz CT molecular complexity index is 912. The molecule has 1 heterocycles. The van der Waals surface area contributed by atoms with Gasteiger partial charge in [-0.1, -0.05) is 37.9 Å². The van der Waals surface area contributed by atoms with Crippen LogP contribution in [0.25, 0.3) is 0 Å². The Morgan fingerprint density at radius 1 is 1.32 bits per heavy atom. The first-order chi connectivity index (χ1) is 13.0. The highest BCUT2D eigenvalue weighted by Gasteiger charge is 2.38. The lowest BCUT2D eigenvalue weighted by Crippen LogP contribution is -2.33. The van der Waals surface area contributed by atoms with Gasteiger partial charge in [0.15, 0.2) is 0 Å². The van der Waals surface area contributed by atoms with E-state index in [4.69, 9.17) is 15.6 Å². The van der Waals surface area contributed by atoms with Crippen molar-refractivity contribution < 1.29 is 23.1 Å². The molecule has 1 aliphatic carbocycles. The number of fused-ring (bicyclic) bond motifs is 1. The molecule has 0 aliphatic heterocycles. The zero-order chi connectivity index (χ0) is 21.1. The van der Waals surface area contributed by atoms with Crippen LogP contribution in [0.2, 0.25) is 0 Å². The number of rotatable bonds is 2. The average Bonchev–Trinajstić information content (AvgIpc) is 2.58. The van der Waals surface area contributed by atoms with Crippen molar-refractivity contribution in [3.63, 3.8) is 0 Å². The SMILES string of the molecule is NC1CCc2nn(Cc3c(Br)cccc3Br)c(=O)cc2C1.O=C(O)C(F)(F)F. The van der Waals surface area contributed by atoms with Crippen molar-refractivity contribution in [2.24, 2.45) is 5.73 Å². The number of carbonyl (C=O) groups is 1. The second-order valence-electron chi connectivity index (χ2n) is 6.12. The van der Waals surface area contributed by atoms with Gasteiger partial charge >= 0.3 is 12.1 Å². The lowest BCUT2D eigenvalue weighted by atomic mass is 9.93. The molecule has 0 bridgehead atoms. The smallest absolute Gasteiger partial charge is 0.475 e. The lowest BCUT2D eigenvalue weighted by Gasteiger charge is -2.21. The van der Waals surface area contributed by atoms with Gasteiger partial charge in [-0.2, -0.15) is 18.3 Å². The number of aliphatic carboxylic acids is 1. The number of carboxylic acid groups (broad SMARTS) is 1. The van der Waals surface area contributed by atoms with Gasteiger partial charge in [0.25, 0.3) is 5.56 Å². The number of hydrogen-bond acceptors (Lipinski definition) is 4. The van der Waals surface area contributed by atoms with Crippen LogP contribution >= 0.6 is 31.9 Å². The third-order valence-corrected chi connectivity index (χ3v) is 5.50. The number of aromatic nitrogens is 2. The van der Waals surface area contributed by atoms with Gasteiger partial charge in [0.05, 0.1) is 12.2 Å². The standard InChI is InChI=1S/C15H15Br2N3O.C2HF3O2/c16-12-2-1-3-13(17)11(12)8-20-15(21)7-9-6-10(18)4-5-14(9)19-20;3-2(4,5)1(6)7/h1-3,7,10H,4-6,8,18H2;(H,6,7). The maximum absolute atomic E-state index is 12.3. The molecule has 1 aromatic heterocycles. The lowest BCUT2D eigenvalue weighted by molar-refractivity contribution is -0.192. The summed E-state index contributed by atoms with van der Waals surface area (Å²) in [6.07, 6.45) is -2.57. The summed E-state index contributed by atoms with van der Waals surface area (Å²) in [4.78, 5) is 21.1. The highest BCUT2D eigenvalue weighted by Crippen LogP contribution is 2.26. The van der Waals surface area contributed by atoms with Gasteiger partial charge in [-0.25, -0.2) is 9.48 Å². The quantitative estimate of drug-likeness (QED) is 0.626. The summed E-state index contributed by atoms with van der Waals surface area (Å²) in [6, 6.07) is 7.70. The second-order valence-corrected chi connectivity index (χ2v) is 7.83. The van der Waals surface area contributed by atoms with Gasteiger partial charge in [-0.15, -0.1) is 0 Å². The van der Waals surface area contributed by atoms with Crippen LogP contribution in [0.4, 0.5) is 13.2 Å². The van der Waals surface area contributed by atoms with E-state index < -0.39 is 12.1 Å². The van der Waals surface area contributed by atoms with Crippen molar-refractivity contribution >= 4 is 37.8 Å². The summed E-state index contributed by atoms with van der Waals surface area (Å²) in [5, 5.41) is 11.7. The highest BCUT2D eigenvalue weighted by molar-refractivity contribution is 9.11. The highest BCUT2D eigenvalue weighted by atomic mass is 79.9. The Balaban J connectivity index is 0.000000345. The summed E-state index contributed by atoms with van der Waals surface area (Å²) in [5.41, 5.74) is 8.89. The molecule has 0 radical (unpaired) electrons. The number of aryl methyl sites for hydroxylation is 1. The summed E-state index contributed by atoms with van der Waals surface area (Å²) < 4.78 is 35.2. The molecule has 1 atom stereocenters. The van der Waals surface area contributed by atoms with Gasteiger partial charge in [-0.05, 0) is 37.0 Å². The van der Waals surface area contributed by atoms with Crippen LogP contribution in [0.5, 0.6) is 0 Å². The molecular formula is C17H16Br2F3N3O3. The van der Waals surface area contributed by atoms with Crippen LogP contribution < -0.4 is 11.3 Å². The number of benzene rings is 1. The van der Waals surface area contributed by atoms with Gasteiger partial charge in [0.1, 0.15) is 0 Å². The van der Waals surface area contributed by atoms with Gasteiger partial charge in [0.2, 0.25) is 0 Å². The van der Waals surface area contributed by atoms with Crippen molar-refractivity contribution in [1.29, 1.82) is 0 Å². The Morgan fingerprint density at radius 3 is 2.43 bits per heavy atom. The minimum absolute atomic E-state index is 0.0782. The first kappa shape index (κ1) is 22.6. The molecule has 11 heteroatoms. The first-order valence-corrected chi connectivity index (χ1v) is 9.66. The molecule has 6 nitrogen and oxygen atoms in total. The molecule has 3 N–H and O–H groups in total. The van der Waals surface area contributed by atoms with E-state index >= 15 is 0 Å². The number of carboxylic acids is 1. The fourth-order valence-corrected chi connectivity index (χ4v) is 3.86. The Kier molecular flexibility index (Phi) is 7.40. The molecule has 0 amide bonds. The molecule has 3 rings (SSSR count). The maximum Gasteiger partial charge on any atom is 0.490 e. The number of nitrogens with zero attached hydrogens (tertiary/aromatic N) is 2. The molecule has 0 fully saturated rings. The fraction of sp³-hybridized carbons (Fsp3) is 0.353. The van der Waals surface area contributed by atoms with Crippen molar-refractivity contribution in [3.8, 4) is 0 Å². The molecule has 1 aliphatic rings. The largest absolute Gasteiger partial charge is 0.490 e. The third-order valence-electron chi connectivity index (χ3n) is 4.01. The topological polar surface area (TPSA) is 98.2 Å². The Hall–Kier alpha value is -1.72. The molecule has 0 saturated carbocycles. The van der Waals surface area contributed by atoms with E-state index in [1.807, 2.05) is 18.2 Å². The average molecular weight is 527 g/mol. The molecule has 0 saturated heterocycles. The summed E-state index contributed by atoms with van der Waals surface area (Å²) in [6.45, 7) is 0.445. The van der Waals surface area contributed by atoms with E-state index in [9.17, 15) is 18.0 Å². The monoisotopic (exact) mass is 525 g/mol. The first-order valence-electron chi connectivity index (χ1n) is 8.07. The minimum Gasteiger partial charge on any atom is -0.475 e. The fourth-order valence-electron chi connectivity index (χ4n) is 2.61. The van der Waals surface area contributed by atoms with E-state index in [1.54, 1.807) is 6.07 Å². The normalized spacial score (nSPS) is 16.0. The van der Waals surface area contributed by atoms with E-state index in [0.717, 1.165) is 45.0 Å². The molecule has 28 heavy (non-hydrogen) atoms. The number of nitrogens with two attached hydrogens (primary N) is 1. The zero-order valence-corrected chi connectivity index (χ0v) is 17.5. The van der Waals surface area contributed by atoms with Gasteiger partial charge < -0.3 is 10.8 Å². The van der Waals surface area contributed by atoms with E-state index in [0.29, 0.717) is 6.54 Å². The minimum atomic E-state index is -5.08.